The quantitative estimate of drug-likeness (QED) is 0.797. The molecular formula is C19H21N3O. The van der Waals surface area contributed by atoms with Crippen molar-refractivity contribution in [3.63, 3.8) is 0 Å². The molecule has 0 atom stereocenters. The molecule has 4 heteroatoms. The molecule has 0 unspecified atom stereocenters. The van der Waals surface area contributed by atoms with E-state index in [-0.39, 0.29) is 0 Å². The Morgan fingerprint density at radius 3 is 2.83 bits per heavy atom. The van der Waals surface area contributed by atoms with Crippen LogP contribution < -0.4 is 9.64 Å². The molecule has 3 heterocycles. The van der Waals surface area contributed by atoms with E-state index in [4.69, 9.17) is 9.72 Å². The fraction of sp³-hybridized carbons (Fsp3) is 0.316. The number of aromatic amines is 1. The van der Waals surface area contributed by atoms with Crippen LogP contribution in [0.3, 0.4) is 0 Å². The predicted molar refractivity (Wildman–Crippen MR) is 93.1 cm³/mol. The second kappa shape index (κ2) is 5.95. The van der Waals surface area contributed by atoms with Crippen LogP contribution in [-0.2, 0) is 0 Å². The highest BCUT2D eigenvalue weighted by molar-refractivity contribution is 5.77. The second-order valence-corrected chi connectivity index (χ2v) is 6.21. The van der Waals surface area contributed by atoms with Crippen LogP contribution in [0.15, 0.2) is 48.7 Å². The van der Waals surface area contributed by atoms with Gasteiger partial charge in [0.15, 0.2) is 0 Å². The maximum atomic E-state index is 6.12. The lowest BCUT2D eigenvalue weighted by Crippen LogP contribution is -2.38. The average molecular weight is 307 g/mol. The van der Waals surface area contributed by atoms with Crippen molar-refractivity contribution in [2.75, 3.05) is 18.0 Å². The maximum Gasteiger partial charge on any atom is 0.139 e. The Kier molecular flexibility index (Phi) is 3.66. The van der Waals surface area contributed by atoms with Gasteiger partial charge in [-0.2, -0.15) is 0 Å². The monoisotopic (exact) mass is 307 g/mol. The Morgan fingerprint density at radius 1 is 1.13 bits per heavy atom. The number of anilines is 1. The van der Waals surface area contributed by atoms with Crippen molar-refractivity contribution in [3.8, 4) is 5.75 Å². The van der Waals surface area contributed by atoms with E-state index in [9.17, 15) is 0 Å². The van der Waals surface area contributed by atoms with Crippen LogP contribution in [0.25, 0.3) is 11.0 Å². The van der Waals surface area contributed by atoms with Crippen molar-refractivity contribution < 1.29 is 4.74 Å². The van der Waals surface area contributed by atoms with E-state index in [0.29, 0.717) is 6.10 Å². The van der Waals surface area contributed by atoms with Gasteiger partial charge < -0.3 is 14.6 Å². The number of nitrogens with one attached hydrogen (secondary N) is 1. The molecule has 4 rings (SSSR count). The summed E-state index contributed by atoms with van der Waals surface area (Å²) in [6.07, 6.45) is 4.28. The van der Waals surface area contributed by atoms with Gasteiger partial charge in [0, 0.05) is 37.5 Å². The summed E-state index contributed by atoms with van der Waals surface area (Å²) in [5, 5.41) is 1.16. The van der Waals surface area contributed by atoms with Crippen LogP contribution in [0.5, 0.6) is 5.75 Å². The zero-order valence-electron chi connectivity index (χ0n) is 13.3. The van der Waals surface area contributed by atoms with Gasteiger partial charge >= 0.3 is 0 Å². The molecule has 0 bridgehead atoms. The summed E-state index contributed by atoms with van der Waals surface area (Å²) >= 11 is 0. The Bertz CT molecular complexity index is 803. The SMILES string of the molecule is Cc1cccc(OC2CCN(c3ccc4cc[nH]c4n3)CC2)c1. The highest BCUT2D eigenvalue weighted by Crippen LogP contribution is 2.24. The number of fused-ring (bicyclic) bond motifs is 1. The number of piperidine rings is 1. The number of hydrogen-bond donors (Lipinski definition) is 1. The van der Waals surface area contributed by atoms with Gasteiger partial charge in [0.1, 0.15) is 23.3 Å². The Balaban J connectivity index is 1.40. The first-order valence-corrected chi connectivity index (χ1v) is 8.20. The van der Waals surface area contributed by atoms with Crippen molar-refractivity contribution >= 4 is 16.9 Å². The number of benzene rings is 1. The van der Waals surface area contributed by atoms with Crippen LogP contribution in [0, 0.1) is 6.92 Å². The normalized spacial score (nSPS) is 16.0. The van der Waals surface area contributed by atoms with Crippen molar-refractivity contribution in [3.05, 3.63) is 54.2 Å². The molecule has 3 aromatic rings. The molecule has 23 heavy (non-hydrogen) atoms. The average Bonchev–Trinajstić information content (AvgIpc) is 3.03. The standard InChI is InChI=1S/C19H21N3O/c1-14-3-2-4-17(13-14)23-16-8-11-22(12-9-16)18-6-5-15-7-10-20-19(15)21-18/h2-7,10,13,16H,8-9,11-12H2,1H3,(H,20,21). The smallest absolute Gasteiger partial charge is 0.139 e. The fourth-order valence-electron chi connectivity index (χ4n) is 3.18. The number of aromatic nitrogens is 2. The Hall–Kier alpha value is -2.49. The molecule has 1 saturated heterocycles. The van der Waals surface area contributed by atoms with Crippen LogP contribution >= 0.6 is 0 Å². The number of rotatable bonds is 3. The molecule has 0 spiro atoms. The summed E-state index contributed by atoms with van der Waals surface area (Å²) in [5.74, 6) is 2.03. The molecule has 2 aromatic heterocycles. The van der Waals surface area contributed by atoms with Crippen LogP contribution in [0.4, 0.5) is 5.82 Å². The number of pyridine rings is 1. The summed E-state index contributed by atoms with van der Waals surface area (Å²) in [5.41, 5.74) is 2.20. The fourth-order valence-corrected chi connectivity index (χ4v) is 3.18. The summed E-state index contributed by atoms with van der Waals surface area (Å²) in [4.78, 5) is 10.2. The summed E-state index contributed by atoms with van der Waals surface area (Å²) in [6, 6.07) is 14.6. The number of nitrogens with zero attached hydrogens (tertiary/aromatic N) is 2. The van der Waals surface area contributed by atoms with Crippen LogP contribution in [0.2, 0.25) is 0 Å². The third-order valence-electron chi connectivity index (χ3n) is 4.45. The highest BCUT2D eigenvalue weighted by Gasteiger charge is 2.21. The molecule has 1 aliphatic heterocycles. The first-order valence-electron chi connectivity index (χ1n) is 8.20. The lowest BCUT2D eigenvalue weighted by molar-refractivity contribution is 0.170. The maximum absolute atomic E-state index is 6.12. The molecule has 0 saturated carbocycles. The molecule has 0 amide bonds. The highest BCUT2D eigenvalue weighted by atomic mass is 16.5. The molecule has 0 radical (unpaired) electrons. The van der Waals surface area contributed by atoms with Crippen molar-refractivity contribution in [1.29, 1.82) is 0 Å². The zero-order chi connectivity index (χ0) is 15.6. The van der Waals surface area contributed by atoms with Gasteiger partial charge in [0.2, 0.25) is 0 Å². The van der Waals surface area contributed by atoms with E-state index >= 15 is 0 Å². The molecule has 1 fully saturated rings. The molecular weight excluding hydrogens is 286 g/mol. The molecule has 1 aromatic carbocycles. The lowest BCUT2D eigenvalue weighted by Gasteiger charge is -2.33. The Labute approximate surface area is 136 Å². The van der Waals surface area contributed by atoms with Gasteiger partial charge in [-0.3, -0.25) is 0 Å². The minimum atomic E-state index is 0.294. The molecule has 1 N–H and O–H groups in total. The molecule has 118 valence electrons. The molecule has 0 aliphatic carbocycles. The molecule has 1 aliphatic rings. The minimum absolute atomic E-state index is 0.294. The van der Waals surface area contributed by atoms with Gasteiger partial charge in [-0.05, 0) is 42.8 Å². The van der Waals surface area contributed by atoms with Gasteiger partial charge in [-0.1, -0.05) is 12.1 Å². The third-order valence-corrected chi connectivity index (χ3v) is 4.45. The summed E-state index contributed by atoms with van der Waals surface area (Å²) in [7, 11) is 0. The van der Waals surface area contributed by atoms with Gasteiger partial charge in [0.25, 0.3) is 0 Å². The van der Waals surface area contributed by atoms with Crippen molar-refractivity contribution in [2.24, 2.45) is 0 Å². The van der Waals surface area contributed by atoms with Gasteiger partial charge in [0.05, 0.1) is 0 Å². The Morgan fingerprint density at radius 2 is 2.00 bits per heavy atom. The van der Waals surface area contributed by atoms with Crippen LogP contribution in [-0.4, -0.2) is 29.2 Å². The summed E-state index contributed by atoms with van der Waals surface area (Å²) < 4.78 is 6.12. The van der Waals surface area contributed by atoms with Gasteiger partial charge in [-0.25, -0.2) is 4.98 Å². The predicted octanol–water partition coefficient (Wildman–Crippen LogP) is 3.92. The van der Waals surface area contributed by atoms with Crippen LogP contribution in [0.1, 0.15) is 18.4 Å². The first kappa shape index (κ1) is 14.1. The van der Waals surface area contributed by atoms with E-state index in [1.807, 2.05) is 18.3 Å². The molecule has 4 nitrogen and oxygen atoms in total. The third kappa shape index (κ3) is 3.02. The topological polar surface area (TPSA) is 41.1 Å². The second-order valence-electron chi connectivity index (χ2n) is 6.21. The minimum Gasteiger partial charge on any atom is -0.490 e. The largest absolute Gasteiger partial charge is 0.490 e. The van der Waals surface area contributed by atoms with E-state index < -0.39 is 0 Å². The zero-order valence-corrected chi connectivity index (χ0v) is 13.3. The van der Waals surface area contributed by atoms with Crippen molar-refractivity contribution in [1.82, 2.24) is 9.97 Å². The van der Waals surface area contributed by atoms with E-state index in [1.54, 1.807) is 0 Å². The summed E-state index contributed by atoms with van der Waals surface area (Å²) in [6.45, 7) is 4.06. The number of H-pyrrole nitrogens is 1. The van der Waals surface area contributed by atoms with E-state index in [2.05, 4.69) is 47.1 Å². The van der Waals surface area contributed by atoms with Crippen molar-refractivity contribution in [2.45, 2.75) is 25.9 Å². The number of aryl methyl sites for hydroxylation is 1. The first-order chi connectivity index (χ1) is 11.3. The number of hydrogen-bond acceptors (Lipinski definition) is 3. The van der Waals surface area contributed by atoms with E-state index in [0.717, 1.165) is 48.5 Å². The van der Waals surface area contributed by atoms with Gasteiger partial charge in [-0.15, -0.1) is 0 Å². The lowest BCUT2D eigenvalue weighted by atomic mass is 10.1. The number of ether oxygens (including phenoxy) is 1. The van der Waals surface area contributed by atoms with E-state index in [1.165, 1.54) is 5.56 Å².